The van der Waals surface area contributed by atoms with Gasteiger partial charge in [-0.05, 0) is 35.6 Å². The van der Waals surface area contributed by atoms with Crippen LogP contribution < -0.4 is 14.4 Å². The Morgan fingerprint density at radius 1 is 1.11 bits per heavy atom. The Hall–Kier alpha value is -1.68. The summed E-state index contributed by atoms with van der Waals surface area (Å²) in [4.78, 5) is 3.86. The number of hydrogen-bond donors (Lipinski definition) is 0. The molecule has 3 rings (SSSR count). The van der Waals surface area contributed by atoms with E-state index in [1.165, 1.54) is 16.1 Å². The third-order valence-electron chi connectivity index (χ3n) is 3.56. The summed E-state index contributed by atoms with van der Waals surface area (Å²) in [6.07, 6.45) is 1.12. The molecule has 1 aliphatic heterocycles. The third kappa shape index (κ3) is 2.28. The molecule has 3 nitrogen and oxygen atoms in total. The molecule has 1 aromatic carbocycles. The topological polar surface area (TPSA) is 21.7 Å². The monoisotopic (exact) mass is 275 g/mol. The Morgan fingerprint density at radius 3 is 2.74 bits per heavy atom. The van der Waals surface area contributed by atoms with Crippen molar-refractivity contribution in [2.75, 3.05) is 25.7 Å². The van der Waals surface area contributed by atoms with E-state index in [0.717, 1.165) is 31.0 Å². The van der Waals surface area contributed by atoms with E-state index in [4.69, 9.17) is 9.47 Å². The zero-order valence-electron chi connectivity index (χ0n) is 11.2. The van der Waals surface area contributed by atoms with Gasteiger partial charge in [0, 0.05) is 23.2 Å². The fourth-order valence-electron chi connectivity index (χ4n) is 2.48. The van der Waals surface area contributed by atoms with E-state index in [2.05, 4.69) is 28.5 Å². The quantitative estimate of drug-likeness (QED) is 0.857. The lowest BCUT2D eigenvalue weighted by atomic mass is 10.1. The first-order chi connectivity index (χ1) is 9.31. The molecule has 0 fully saturated rings. The number of benzene rings is 1. The lowest BCUT2D eigenvalue weighted by Gasteiger charge is -2.29. The average Bonchev–Trinajstić information content (AvgIpc) is 2.93. The van der Waals surface area contributed by atoms with Crippen LogP contribution in [0.15, 0.2) is 29.6 Å². The minimum Gasteiger partial charge on any atom is -0.493 e. The second-order valence-corrected chi connectivity index (χ2v) is 5.58. The molecular formula is C15H17NO2S. The van der Waals surface area contributed by atoms with Crippen LogP contribution in [0, 0.1) is 0 Å². The lowest BCUT2D eigenvalue weighted by Crippen LogP contribution is -2.29. The van der Waals surface area contributed by atoms with Gasteiger partial charge in [-0.15, -0.1) is 11.3 Å². The van der Waals surface area contributed by atoms with Crippen molar-refractivity contribution < 1.29 is 9.47 Å². The summed E-state index contributed by atoms with van der Waals surface area (Å²) in [6, 6.07) is 8.36. The number of nitrogens with zero attached hydrogens (tertiary/aromatic N) is 1. The molecule has 2 heterocycles. The normalized spacial score (nSPS) is 14.1. The molecular weight excluding hydrogens is 258 g/mol. The van der Waals surface area contributed by atoms with Gasteiger partial charge in [-0.2, -0.15) is 0 Å². The predicted molar refractivity (Wildman–Crippen MR) is 78.6 cm³/mol. The van der Waals surface area contributed by atoms with Gasteiger partial charge in [0.05, 0.1) is 20.8 Å². The standard InChI is InChI=1S/C15H17NO2S/c1-17-13-4-3-12(9-14(13)18-2)16-7-5-11-6-8-19-15(11)10-16/h3-4,6,8-9H,5,7,10H2,1-2H3. The Bertz CT molecular complexity index is 579. The van der Waals surface area contributed by atoms with Crippen LogP contribution in [0.5, 0.6) is 11.5 Å². The number of anilines is 1. The molecule has 0 N–H and O–H groups in total. The highest BCUT2D eigenvalue weighted by molar-refractivity contribution is 7.10. The molecule has 0 unspecified atom stereocenters. The first-order valence-corrected chi connectivity index (χ1v) is 7.22. The molecule has 4 heteroatoms. The Balaban J connectivity index is 1.87. The Labute approximate surface area is 117 Å². The Morgan fingerprint density at radius 2 is 1.95 bits per heavy atom. The zero-order chi connectivity index (χ0) is 13.2. The van der Waals surface area contributed by atoms with E-state index in [0.29, 0.717) is 0 Å². The van der Waals surface area contributed by atoms with Gasteiger partial charge < -0.3 is 14.4 Å². The summed E-state index contributed by atoms with van der Waals surface area (Å²) in [5.41, 5.74) is 2.69. The number of fused-ring (bicyclic) bond motifs is 1. The molecule has 0 amide bonds. The van der Waals surface area contributed by atoms with Gasteiger partial charge in [-0.3, -0.25) is 0 Å². The van der Waals surface area contributed by atoms with Crippen molar-refractivity contribution in [3.8, 4) is 11.5 Å². The maximum absolute atomic E-state index is 5.37. The van der Waals surface area contributed by atoms with Crippen LogP contribution in [0.2, 0.25) is 0 Å². The van der Waals surface area contributed by atoms with E-state index >= 15 is 0 Å². The molecule has 0 saturated heterocycles. The number of methoxy groups -OCH3 is 2. The van der Waals surface area contributed by atoms with Crippen molar-refractivity contribution in [3.05, 3.63) is 40.1 Å². The van der Waals surface area contributed by atoms with Crippen molar-refractivity contribution in [2.45, 2.75) is 13.0 Å². The summed E-state index contributed by atoms with van der Waals surface area (Å²) in [7, 11) is 3.34. The molecule has 0 bridgehead atoms. The molecule has 0 aliphatic carbocycles. The van der Waals surface area contributed by atoms with Crippen LogP contribution >= 0.6 is 11.3 Å². The van der Waals surface area contributed by atoms with Gasteiger partial charge in [0.1, 0.15) is 0 Å². The SMILES string of the molecule is COc1ccc(N2CCc3ccsc3C2)cc1OC. The van der Waals surface area contributed by atoms with Gasteiger partial charge >= 0.3 is 0 Å². The molecule has 0 spiro atoms. The van der Waals surface area contributed by atoms with Gasteiger partial charge in [0.25, 0.3) is 0 Å². The van der Waals surface area contributed by atoms with E-state index < -0.39 is 0 Å². The van der Waals surface area contributed by atoms with E-state index in [1.807, 2.05) is 17.4 Å². The van der Waals surface area contributed by atoms with Crippen LogP contribution in [0.4, 0.5) is 5.69 Å². The number of rotatable bonds is 3. The van der Waals surface area contributed by atoms with Crippen molar-refractivity contribution in [1.29, 1.82) is 0 Å². The first kappa shape index (κ1) is 12.4. The van der Waals surface area contributed by atoms with E-state index in [9.17, 15) is 0 Å². The van der Waals surface area contributed by atoms with Crippen molar-refractivity contribution in [1.82, 2.24) is 0 Å². The average molecular weight is 275 g/mol. The summed E-state index contributed by atoms with van der Waals surface area (Å²) in [5.74, 6) is 1.57. The predicted octanol–water partition coefficient (Wildman–Crippen LogP) is 3.33. The summed E-state index contributed by atoms with van der Waals surface area (Å²) in [5, 5.41) is 2.18. The van der Waals surface area contributed by atoms with Gasteiger partial charge in [-0.1, -0.05) is 0 Å². The van der Waals surface area contributed by atoms with Crippen LogP contribution in [0.3, 0.4) is 0 Å². The third-order valence-corrected chi connectivity index (χ3v) is 4.50. The van der Waals surface area contributed by atoms with E-state index in [1.54, 1.807) is 14.2 Å². The second kappa shape index (κ2) is 5.13. The molecule has 0 atom stereocenters. The highest BCUT2D eigenvalue weighted by Crippen LogP contribution is 2.34. The number of hydrogen-bond acceptors (Lipinski definition) is 4. The summed E-state index contributed by atoms with van der Waals surface area (Å²) >= 11 is 1.84. The number of ether oxygens (including phenoxy) is 2. The molecule has 2 aromatic rings. The van der Waals surface area contributed by atoms with E-state index in [-0.39, 0.29) is 0 Å². The Kier molecular flexibility index (Phi) is 3.34. The maximum atomic E-state index is 5.37. The highest BCUT2D eigenvalue weighted by Gasteiger charge is 2.18. The van der Waals surface area contributed by atoms with Gasteiger partial charge in [0.2, 0.25) is 0 Å². The van der Waals surface area contributed by atoms with Crippen molar-refractivity contribution in [3.63, 3.8) is 0 Å². The van der Waals surface area contributed by atoms with Gasteiger partial charge in [0.15, 0.2) is 11.5 Å². The molecule has 0 radical (unpaired) electrons. The largest absolute Gasteiger partial charge is 0.493 e. The fraction of sp³-hybridized carbons (Fsp3) is 0.333. The maximum Gasteiger partial charge on any atom is 0.162 e. The lowest BCUT2D eigenvalue weighted by molar-refractivity contribution is 0.355. The van der Waals surface area contributed by atoms with Crippen LogP contribution in [-0.2, 0) is 13.0 Å². The van der Waals surface area contributed by atoms with Crippen molar-refractivity contribution in [2.24, 2.45) is 0 Å². The minimum absolute atomic E-state index is 0.778. The second-order valence-electron chi connectivity index (χ2n) is 4.58. The summed E-state index contributed by atoms with van der Waals surface area (Å²) < 4.78 is 10.7. The molecule has 1 aromatic heterocycles. The molecule has 19 heavy (non-hydrogen) atoms. The van der Waals surface area contributed by atoms with Crippen molar-refractivity contribution >= 4 is 17.0 Å². The van der Waals surface area contributed by atoms with Crippen LogP contribution in [0.25, 0.3) is 0 Å². The highest BCUT2D eigenvalue weighted by atomic mass is 32.1. The molecule has 1 aliphatic rings. The van der Waals surface area contributed by atoms with Crippen LogP contribution in [-0.4, -0.2) is 20.8 Å². The summed E-state index contributed by atoms with van der Waals surface area (Å²) in [6.45, 7) is 2.04. The molecule has 0 saturated carbocycles. The molecule has 100 valence electrons. The fourth-order valence-corrected chi connectivity index (χ4v) is 3.43. The zero-order valence-corrected chi connectivity index (χ0v) is 12.0. The first-order valence-electron chi connectivity index (χ1n) is 6.34. The number of thiophene rings is 1. The smallest absolute Gasteiger partial charge is 0.162 e. The minimum atomic E-state index is 0.778. The van der Waals surface area contributed by atoms with Crippen LogP contribution in [0.1, 0.15) is 10.4 Å². The van der Waals surface area contributed by atoms with Gasteiger partial charge in [-0.25, -0.2) is 0 Å².